The van der Waals surface area contributed by atoms with E-state index >= 15 is 0 Å². The molecule has 0 amide bonds. The number of hydrogen-bond acceptors (Lipinski definition) is 2. The van der Waals surface area contributed by atoms with E-state index < -0.39 is 0 Å². The number of aryl methyl sites for hydroxylation is 1. The summed E-state index contributed by atoms with van der Waals surface area (Å²) in [5, 5.41) is 3.04. The highest BCUT2D eigenvalue weighted by Crippen LogP contribution is 2.11. The first kappa shape index (κ1) is 18.8. The highest BCUT2D eigenvalue weighted by atomic mass is 127. The maximum atomic E-state index is 5.69. The molecule has 1 aromatic carbocycles. The van der Waals surface area contributed by atoms with Crippen molar-refractivity contribution in [2.24, 2.45) is 10.7 Å². The summed E-state index contributed by atoms with van der Waals surface area (Å²) in [5.74, 6) is 1.35. The molecule has 0 atom stereocenters. The summed E-state index contributed by atoms with van der Waals surface area (Å²) in [6, 6.07) is 8.03. The van der Waals surface area contributed by atoms with Gasteiger partial charge in [0.25, 0.3) is 0 Å². The molecular weight excluding hydrogens is 365 g/mol. The predicted octanol–water partition coefficient (Wildman–Crippen LogP) is 2.86. The first-order valence-corrected chi connectivity index (χ1v) is 6.45. The lowest BCUT2D eigenvalue weighted by Crippen LogP contribution is -2.33. The number of rotatable bonds is 7. The van der Waals surface area contributed by atoms with Gasteiger partial charge in [0.1, 0.15) is 5.75 Å². The van der Waals surface area contributed by atoms with Crippen molar-refractivity contribution in [3.05, 3.63) is 42.0 Å². The largest absolute Gasteiger partial charge is 0.494 e. The normalized spacial score (nSPS) is 10.6. The van der Waals surface area contributed by atoms with Crippen molar-refractivity contribution in [3.63, 3.8) is 0 Å². The Morgan fingerprint density at radius 2 is 2.00 bits per heavy atom. The third-order valence-electron chi connectivity index (χ3n) is 2.44. The number of nitrogens with one attached hydrogen (secondary N) is 1. The maximum Gasteiger partial charge on any atom is 0.188 e. The van der Waals surface area contributed by atoms with E-state index in [1.54, 1.807) is 0 Å². The van der Waals surface area contributed by atoms with Crippen molar-refractivity contribution in [2.45, 2.75) is 20.3 Å². The van der Waals surface area contributed by atoms with Crippen LogP contribution in [0.1, 0.15) is 18.9 Å². The van der Waals surface area contributed by atoms with Crippen LogP contribution in [0.4, 0.5) is 0 Å². The molecule has 1 aromatic rings. The van der Waals surface area contributed by atoms with Gasteiger partial charge < -0.3 is 15.8 Å². The lowest BCUT2D eigenvalue weighted by molar-refractivity contribution is 0.311. The van der Waals surface area contributed by atoms with Crippen molar-refractivity contribution >= 4 is 29.9 Å². The van der Waals surface area contributed by atoms with E-state index in [0.717, 1.165) is 24.3 Å². The Morgan fingerprint density at radius 3 is 2.60 bits per heavy atom. The smallest absolute Gasteiger partial charge is 0.188 e. The minimum atomic E-state index is 0. The fraction of sp³-hybridized carbons (Fsp3) is 0.400. The van der Waals surface area contributed by atoms with Gasteiger partial charge in [0.05, 0.1) is 13.2 Å². The summed E-state index contributed by atoms with van der Waals surface area (Å²) in [6.45, 7) is 9.72. The van der Waals surface area contributed by atoms with Gasteiger partial charge in [-0.15, -0.1) is 24.0 Å². The molecule has 20 heavy (non-hydrogen) atoms. The van der Waals surface area contributed by atoms with Gasteiger partial charge in [-0.3, -0.25) is 0 Å². The number of hydrogen-bond donors (Lipinski definition) is 2. The van der Waals surface area contributed by atoms with E-state index in [9.17, 15) is 0 Å². The van der Waals surface area contributed by atoms with Gasteiger partial charge in [-0.1, -0.05) is 29.8 Å². The zero-order valence-electron chi connectivity index (χ0n) is 12.2. The molecule has 3 N–H and O–H groups in total. The molecule has 5 heteroatoms. The Hall–Kier alpha value is -1.24. The molecule has 0 aliphatic rings. The molecule has 0 saturated carbocycles. The summed E-state index contributed by atoms with van der Waals surface area (Å²) < 4.78 is 5.61. The monoisotopic (exact) mass is 389 g/mol. The van der Waals surface area contributed by atoms with Gasteiger partial charge in [-0.2, -0.15) is 0 Å². The van der Waals surface area contributed by atoms with Crippen LogP contribution < -0.4 is 15.8 Å². The molecule has 0 fully saturated rings. The molecule has 112 valence electrons. The standard InChI is InChI=1S/C15H23N3O.HI/c1-12(2)11-18-15(16)17-9-4-10-19-14-7-5-13(3)6-8-14;/h5-8H,1,4,9-11H2,2-3H3,(H3,16,17,18);1H. The van der Waals surface area contributed by atoms with E-state index in [2.05, 4.69) is 23.8 Å². The minimum Gasteiger partial charge on any atom is -0.494 e. The Kier molecular flexibility index (Phi) is 9.88. The van der Waals surface area contributed by atoms with Crippen LogP contribution in [0.3, 0.4) is 0 Å². The van der Waals surface area contributed by atoms with E-state index in [-0.39, 0.29) is 24.0 Å². The molecule has 0 spiro atoms. The number of guanidine groups is 1. The molecule has 0 bridgehead atoms. The maximum absolute atomic E-state index is 5.69. The number of ether oxygens (including phenoxy) is 1. The average molecular weight is 389 g/mol. The lowest BCUT2D eigenvalue weighted by Gasteiger charge is -2.08. The zero-order valence-corrected chi connectivity index (χ0v) is 14.5. The number of nitrogens with two attached hydrogens (primary N) is 1. The molecule has 0 radical (unpaired) electrons. The molecule has 0 aliphatic heterocycles. The number of aliphatic imine (C=N–C) groups is 1. The SMILES string of the molecule is C=C(C)CN=C(N)NCCCOc1ccc(C)cc1.I. The van der Waals surface area contributed by atoms with Gasteiger partial charge in [-0.25, -0.2) is 4.99 Å². The second-order valence-electron chi connectivity index (χ2n) is 4.60. The quantitative estimate of drug-likeness (QED) is 0.248. The molecule has 0 aliphatic carbocycles. The van der Waals surface area contributed by atoms with E-state index in [1.165, 1.54) is 5.56 Å². The summed E-state index contributed by atoms with van der Waals surface area (Å²) >= 11 is 0. The number of benzene rings is 1. The van der Waals surface area contributed by atoms with Gasteiger partial charge in [0.2, 0.25) is 0 Å². The van der Waals surface area contributed by atoms with Crippen LogP contribution in [-0.2, 0) is 0 Å². The van der Waals surface area contributed by atoms with Crippen molar-refractivity contribution in [1.29, 1.82) is 0 Å². The van der Waals surface area contributed by atoms with Crippen LogP contribution in [0.15, 0.2) is 41.4 Å². The molecule has 0 saturated heterocycles. The van der Waals surface area contributed by atoms with Gasteiger partial charge >= 0.3 is 0 Å². The molecular formula is C15H24IN3O. The lowest BCUT2D eigenvalue weighted by atomic mass is 10.2. The Bertz CT molecular complexity index is 429. The Balaban J connectivity index is 0.00000361. The molecule has 1 rings (SSSR count). The Labute approximate surface area is 138 Å². The fourth-order valence-corrected chi connectivity index (χ4v) is 1.39. The van der Waals surface area contributed by atoms with Crippen molar-refractivity contribution in [3.8, 4) is 5.75 Å². The molecule has 0 heterocycles. The third-order valence-corrected chi connectivity index (χ3v) is 2.44. The van der Waals surface area contributed by atoms with E-state index in [4.69, 9.17) is 10.5 Å². The van der Waals surface area contributed by atoms with Gasteiger partial charge in [0.15, 0.2) is 5.96 Å². The first-order valence-electron chi connectivity index (χ1n) is 6.45. The summed E-state index contributed by atoms with van der Waals surface area (Å²) in [6.07, 6.45) is 0.872. The number of halogens is 1. The van der Waals surface area contributed by atoms with Crippen LogP contribution in [-0.4, -0.2) is 25.7 Å². The summed E-state index contributed by atoms with van der Waals surface area (Å²) in [7, 11) is 0. The zero-order chi connectivity index (χ0) is 14.1. The average Bonchev–Trinajstić information content (AvgIpc) is 2.38. The van der Waals surface area contributed by atoms with Crippen molar-refractivity contribution < 1.29 is 4.74 Å². The summed E-state index contributed by atoms with van der Waals surface area (Å²) in [4.78, 5) is 4.13. The van der Waals surface area contributed by atoms with Crippen LogP contribution in [0.5, 0.6) is 5.75 Å². The molecule has 4 nitrogen and oxygen atoms in total. The highest BCUT2D eigenvalue weighted by molar-refractivity contribution is 14.0. The highest BCUT2D eigenvalue weighted by Gasteiger charge is 1.94. The molecule has 0 unspecified atom stereocenters. The van der Waals surface area contributed by atoms with Crippen molar-refractivity contribution in [2.75, 3.05) is 19.7 Å². The van der Waals surface area contributed by atoms with Crippen LogP contribution >= 0.6 is 24.0 Å². The van der Waals surface area contributed by atoms with E-state index in [1.807, 2.05) is 31.2 Å². The first-order chi connectivity index (χ1) is 9.08. The number of nitrogens with zero attached hydrogens (tertiary/aromatic N) is 1. The molecule has 0 aromatic heterocycles. The van der Waals surface area contributed by atoms with Crippen molar-refractivity contribution in [1.82, 2.24) is 5.32 Å². The van der Waals surface area contributed by atoms with Crippen LogP contribution in [0.2, 0.25) is 0 Å². The second kappa shape index (κ2) is 10.5. The second-order valence-corrected chi connectivity index (χ2v) is 4.60. The Morgan fingerprint density at radius 1 is 1.35 bits per heavy atom. The van der Waals surface area contributed by atoms with E-state index in [0.29, 0.717) is 19.1 Å². The fourth-order valence-electron chi connectivity index (χ4n) is 1.39. The van der Waals surface area contributed by atoms with Crippen LogP contribution in [0, 0.1) is 6.92 Å². The third kappa shape index (κ3) is 8.79. The van der Waals surface area contributed by atoms with Gasteiger partial charge in [0, 0.05) is 6.54 Å². The van der Waals surface area contributed by atoms with Crippen LogP contribution in [0.25, 0.3) is 0 Å². The summed E-state index contributed by atoms with van der Waals surface area (Å²) in [5.41, 5.74) is 7.91. The minimum absolute atomic E-state index is 0. The van der Waals surface area contributed by atoms with Gasteiger partial charge in [-0.05, 0) is 32.4 Å². The topological polar surface area (TPSA) is 59.6 Å². The predicted molar refractivity (Wildman–Crippen MR) is 96.0 cm³/mol.